The molecule has 0 aliphatic heterocycles. The van der Waals surface area contributed by atoms with Crippen LogP contribution in [-0.2, 0) is 0 Å². The molecular weight excluding hydrogens is 120 g/mol. The van der Waals surface area contributed by atoms with Crippen LogP contribution in [0.25, 0.3) is 0 Å². The average molecular weight is 136 g/mol. The van der Waals surface area contributed by atoms with Gasteiger partial charge in [0, 0.05) is 5.92 Å². The Balaban J connectivity index is 3.68. The molecule has 0 aliphatic carbocycles. The van der Waals surface area contributed by atoms with Crippen LogP contribution in [0.15, 0.2) is 11.6 Å². The Labute approximate surface area is 64.3 Å². The molecule has 0 amide bonds. The van der Waals surface area contributed by atoms with Gasteiger partial charge in [-0.25, -0.2) is 0 Å². The molecular formula is C10H16. The second kappa shape index (κ2) is 5.11. The van der Waals surface area contributed by atoms with E-state index >= 15 is 0 Å². The van der Waals surface area contributed by atoms with E-state index < -0.39 is 0 Å². The van der Waals surface area contributed by atoms with Gasteiger partial charge in [-0.15, -0.1) is 12.3 Å². The Morgan fingerprint density at radius 2 is 2.20 bits per heavy atom. The van der Waals surface area contributed by atoms with Crippen LogP contribution >= 0.6 is 0 Å². The molecule has 56 valence electrons. The highest BCUT2D eigenvalue weighted by Crippen LogP contribution is 2.08. The lowest BCUT2D eigenvalue weighted by Gasteiger charge is -2.02. The molecule has 10 heavy (non-hydrogen) atoms. The second-order valence-electron chi connectivity index (χ2n) is 2.79. The highest BCUT2D eigenvalue weighted by Gasteiger charge is 1.96. The quantitative estimate of drug-likeness (QED) is 0.413. The first-order valence-electron chi connectivity index (χ1n) is 3.80. The normalized spacial score (nSPS) is 11.8. The van der Waals surface area contributed by atoms with Crippen molar-refractivity contribution in [3.05, 3.63) is 11.6 Å². The maximum Gasteiger partial charge on any atom is 0.0232 e. The van der Waals surface area contributed by atoms with Crippen molar-refractivity contribution in [1.29, 1.82) is 0 Å². The zero-order valence-corrected chi connectivity index (χ0v) is 7.15. The molecule has 0 rings (SSSR count). The van der Waals surface area contributed by atoms with E-state index in [4.69, 9.17) is 6.42 Å². The third-order valence-electron chi connectivity index (χ3n) is 1.54. The van der Waals surface area contributed by atoms with Crippen LogP contribution in [0, 0.1) is 18.3 Å². The minimum atomic E-state index is 0.440. The van der Waals surface area contributed by atoms with Crippen molar-refractivity contribution in [3.63, 3.8) is 0 Å². The topological polar surface area (TPSA) is 0 Å². The van der Waals surface area contributed by atoms with E-state index in [0.29, 0.717) is 5.92 Å². The van der Waals surface area contributed by atoms with E-state index in [1.807, 2.05) is 0 Å². The van der Waals surface area contributed by atoms with Crippen molar-refractivity contribution in [2.24, 2.45) is 5.92 Å². The van der Waals surface area contributed by atoms with Crippen LogP contribution in [0.5, 0.6) is 0 Å². The summed E-state index contributed by atoms with van der Waals surface area (Å²) in [6.07, 6.45) is 9.61. The summed E-state index contributed by atoms with van der Waals surface area (Å²) in [5.74, 6) is 3.20. The first-order valence-corrected chi connectivity index (χ1v) is 3.80. The van der Waals surface area contributed by atoms with Gasteiger partial charge in [-0.3, -0.25) is 0 Å². The fourth-order valence-electron chi connectivity index (χ4n) is 0.731. The first kappa shape index (κ1) is 9.30. The van der Waals surface area contributed by atoms with Crippen LogP contribution < -0.4 is 0 Å². The standard InChI is InChI=1S/C10H16/c1-5-10(6-2)8-7-9(3)4/h1,7,10H,6,8H2,2-4H3. The number of rotatable bonds is 3. The maximum atomic E-state index is 5.29. The molecule has 0 aliphatic rings. The van der Waals surface area contributed by atoms with Crippen LogP contribution in [-0.4, -0.2) is 0 Å². The molecule has 0 aromatic heterocycles. The molecule has 1 atom stereocenters. The van der Waals surface area contributed by atoms with Gasteiger partial charge < -0.3 is 0 Å². The summed E-state index contributed by atoms with van der Waals surface area (Å²) in [6, 6.07) is 0. The zero-order chi connectivity index (χ0) is 7.98. The molecule has 0 aromatic carbocycles. The van der Waals surface area contributed by atoms with Gasteiger partial charge in [0.05, 0.1) is 0 Å². The molecule has 0 nitrogen and oxygen atoms in total. The fraction of sp³-hybridized carbons (Fsp3) is 0.600. The lowest BCUT2D eigenvalue weighted by atomic mass is 10.0. The van der Waals surface area contributed by atoms with Crippen molar-refractivity contribution >= 4 is 0 Å². The zero-order valence-electron chi connectivity index (χ0n) is 7.15. The van der Waals surface area contributed by atoms with E-state index in [-0.39, 0.29) is 0 Å². The monoisotopic (exact) mass is 136 g/mol. The Morgan fingerprint density at radius 3 is 2.50 bits per heavy atom. The summed E-state index contributed by atoms with van der Waals surface area (Å²) < 4.78 is 0. The molecule has 0 fully saturated rings. The lowest BCUT2D eigenvalue weighted by Crippen LogP contribution is -1.91. The second-order valence-corrected chi connectivity index (χ2v) is 2.79. The Kier molecular flexibility index (Phi) is 4.76. The molecule has 0 N–H and O–H groups in total. The van der Waals surface area contributed by atoms with E-state index in [9.17, 15) is 0 Å². The molecule has 0 bridgehead atoms. The third kappa shape index (κ3) is 4.21. The van der Waals surface area contributed by atoms with Gasteiger partial charge in [0.1, 0.15) is 0 Å². The summed E-state index contributed by atoms with van der Waals surface area (Å²) in [7, 11) is 0. The van der Waals surface area contributed by atoms with E-state index in [0.717, 1.165) is 12.8 Å². The molecule has 0 saturated carbocycles. The third-order valence-corrected chi connectivity index (χ3v) is 1.54. The summed E-state index contributed by atoms with van der Waals surface area (Å²) >= 11 is 0. The first-order chi connectivity index (χ1) is 4.70. The predicted octanol–water partition coefficient (Wildman–Crippen LogP) is 3.00. The highest BCUT2D eigenvalue weighted by atomic mass is 14.0. The number of terminal acetylenes is 1. The van der Waals surface area contributed by atoms with Gasteiger partial charge in [0.2, 0.25) is 0 Å². The number of hydrogen-bond acceptors (Lipinski definition) is 0. The van der Waals surface area contributed by atoms with E-state index in [1.54, 1.807) is 0 Å². The van der Waals surface area contributed by atoms with Crippen LogP contribution in [0.4, 0.5) is 0 Å². The van der Waals surface area contributed by atoms with Crippen molar-refractivity contribution < 1.29 is 0 Å². The fourth-order valence-corrected chi connectivity index (χ4v) is 0.731. The molecule has 0 saturated heterocycles. The predicted molar refractivity (Wildman–Crippen MR) is 46.7 cm³/mol. The lowest BCUT2D eigenvalue weighted by molar-refractivity contribution is 0.659. The highest BCUT2D eigenvalue weighted by molar-refractivity contribution is 5.00. The van der Waals surface area contributed by atoms with Gasteiger partial charge in [0.25, 0.3) is 0 Å². The molecule has 0 heteroatoms. The number of hydrogen-bond donors (Lipinski definition) is 0. The SMILES string of the molecule is C#CC(CC)CC=C(C)C. The van der Waals surface area contributed by atoms with Gasteiger partial charge in [-0.05, 0) is 26.7 Å². The summed E-state index contributed by atoms with van der Waals surface area (Å²) in [5.41, 5.74) is 1.36. The largest absolute Gasteiger partial charge is 0.120 e. The van der Waals surface area contributed by atoms with Gasteiger partial charge >= 0.3 is 0 Å². The molecule has 0 heterocycles. The average Bonchev–Trinajstić information content (AvgIpc) is 1.90. The Bertz CT molecular complexity index is 142. The van der Waals surface area contributed by atoms with Crippen molar-refractivity contribution in [2.45, 2.75) is 33.6 Å². The summed E-state index contributed by atoms with van der Waals surface area (Å²) in [4.78, 5) is 0. The maximum absolute atomic E-state index is 5.29. The molecule has 0 radical (unpaired) electrons. The van der Waals surface area contributed by atoms with Gasteiger partial charge in [-0.2, -0.15) is 0 Å². The van der Waals surface area contributed by atoms with Crippen molar-refractivity contribution in [3.8, 4) is 12.3 Å². The summed E-state index contributed by atoms with van der Waals surface area (Å²) in [6.45, 7) is 6.33. The minimum absolute atomic E-state index is 0.440. The van der Waals surface area contributed by atoms with Crippen LogP contribution in [0.3, 0.4) is 0 Å². The van der Waals surface area contributed by atoms with Crippen molar-refractivity contribution in [1.82, 2.24) is 0 Å². The van der Waals surface area contributed by atoms with Crippen LogP contribution in [0.1, 0.15) is 33.6 Å². The van der Waals surface area contributed by atoms with Crippen molar-refractivity contribution in [2.75, 3.05) is 0 Å². The molecule has 0 aromatic rings. The Morgan fingerprint density at radius 1 is 1.60 bits per heavy atom. The Hall–Kier alpha value is -0.700. The van der Waals surface area contributed by atoms with Crippen LogP contribution in [0.2, 0.25) is 0 Å². The smallest absolute Gasteiger partial charge is 0.0232 e. The van der Waals surface area contributed by atoms with Gasteiger partial charge in [0.15, 0.2) is 0 Å². The van der Waals surface area contributed by atoms with Gasteiger partial charge in [-0.1, -0.05) is 18.6 Å². The number of allylic oxidation sites excluding steroid dienone is 2. The van der Waals surface area contributed by atoms with E-state index in [2.05, 4.69) is 32.8 Å². The minimum Gasteiger partial charge on any atom is -0.120 e. The molecule has 1 unspecified atom stereocenters. The summed E-state index contributed by atoms with van der Waals surface area (Å²) in [5, 5.41) is 0. The molecule has 0 spiro atoms. The van der Waals surface area contributed by atoms with E-state index in [1.165, 1.54) is 5.57 Å².